The van der Waals surface area contributed by atoms with Gasteiger partial charge in [0.1, 0.15) is 6.10 Å². The summed E-state index contributed by atoms with van der Waals surface area (Å²) in [6.45, 7) is 0.524. The maximum Gasteiger partial charge on any atom is 0.255 e. The highest BCUT2D eigenvalue weighted by Crippen LogP contribution is 2.52. The standard InChI is InChI=1S/C28H30ClF3N2O6S/c29-20-7-4-15(26(35)34-18-12-21(30)25(32)22(31)13-18)9-24(20)41(38,39)19-10-16-5-6-17(11-19)28(16,37)14-33-27(36)23-3-1-2-8-40-23/h4,7,9,12-13,16-17,19,23,37H,1-3,5-6,8,10-11,14H2,(H,33,36)(H,34,35)/t16?,17?,19-,23?,28-. The first kappa shape index (κ1) is 29.8. The number of halogens is 4. The lowest BCUT2D eigenvalue weighted by Gasteiger charge is -2.42. The average Bonchev–Trinajstić information content (AvgIpc) is 3.10. The van der Waals surface area contributed by atoms with Gasteiger partial charge >= 0.3 is 0 Å². The second-order valence-electron chi connectivity index (χ2n) is 11.0. The van der Waals surface area contributed by atoms with Gasteiger partial charge in [0.2, 0.25) is 5.91 Å². The van der Waals surface area contributed by atoms with E-state index in [1.807, 2.05) is 0 Å². The monoisotopic (exact) mass is 614 g/mol. The number of amides is 2. The Morgan fingerprint density at radius 2 is 1.68 bits per heavy atom. The number of nitrogens with one attached hydrogen (secondary N) is 2. The SMILES string of the molecule is O=C(Nc1cc(F)c(F)c(F)c1)c1ccc(Cl)c(S(=O)(=O)[C@H]2CC3CCC(C2)[C@]3(O)CNC(=O)C2CCCCO2)c1. The van der Waals surface area contributed by atoms with Crippen LogP contribution in [0.2, 0.25) is 5.02 Å². The van der Waals surface area contributed by atoms with Crippen LogP contribution in [0.15, 0.2) is 35.2 Å². The van der Waals surface area contributed by atoms with E-state index in [1.165, 1.54) is 12.1 Å². The molecule has 3 fully saturated rings. The summed E-state index contributed by atoms with van der Waals surface area (Å²) in [7, 11) is -4.07. The lowest BCUT2D eigenvalue weighted by atomic mass is 9.74. The largest absolute Gasteiger partial charge is 0.387 e. The number of anilines is 1. The zero-order valence-electron chi connectivity index (χ0n) is 22.0. The highest BCUT2D eigenvalue weighted by Gasteiger charge is 2.55. The van der Waals surface area contributed by atoms with E-state index >= 15 is 0 Å². The van der Waals surface area contributed by atoms with Crippen molar-refractivity contribution in [3.63, 3.8) is 0 Å². The normalized spacial score (nSPS) is 27.8. The maximum absolute atomic E-state index is 13.7. The van der Waals surface area contributed by atoms with Crippen LogP contribution in [0.4, 0.5) is 18.9 Å². The lowest BCUT2D eigenvalue weighted by Crippen LogP contribution is -2.56. The van der Waals surface area contributed by atoms with E-state index in [0.717, 1.165) is 18.9 Å². The summed E-state index contributed by atoms with van der Waals surface area (Å²) in [4.78, 5) is 25.1. The van der Waals surface area contributed by atoms with Crippen molar-refractivity contribution in [3.05, 3.63) is 58.4 Å². The number of sulfone groups is 1. The van der Waals surface area contributed by atoms with Crippen LogP contribution < -0.4 is 10.6 Å². The summed E-state index contributed by atoms with van der Waals surface area (Å²) >= 11 is 6.27. The molecular formula is C28H30ClF3N2O6S. The summed E-state index contributed by atoms with van der Waals surface area (Å²) in [5, 5.41) is 15.6. The number of rotatable bonds is 7. The van der Waals surface area contributed by atoms with E-state index in [0.29, 0.717) is 38.0 Å². The Morgan fingerprint density at radius 1 is 1.02 bits per heavy atom. The van der Waals surface area contributed by atoms with E-state index in [1.54, 1.807) is 0 Å². The van der Waals surface area contributed by atoms with Gasteiger partial charge in [-0.3, -0.25) is 9.59 Å². The third-order valence-corrected chi connectivity index (χ3v) is 11.2. The van der Waals surface area contributed by atoms with Crippen molar-refractivity contribution in [2.75, 3.05) is 18.5 Å². The molecule has 222 valence electrons. The molecular weight excluding hydrogens is 585 g/mol. The number of ether oxygens (including phenoxy) is 1. The summed E-state index contributed by atoms with van der Waals surface area (Å²) < 4.78 is 73.4. The molecule has 41 heavy (non-hydrogen) atoms. The molecule has 0 spiro atoms. The molecule has 2 aliphatic carbocycles. The third-order valence-electron chi connectivity index (χ3n) is 8.57. The highest BCUT2D eigenvalue weighted by molar-refractivity contribution is 7.92. The van der Waals surface area contributed by atoms with Crippen molar-refractivity contribution >= 4 is 38.9 Å². The molecule has 1 heterocycles. The van der Waals surface area contributed by atoms with Crippen molar-refractivity contribution in [1.82, 2.24) is 5.32 Å². The fraction of sp³-hybridized carbons (Fsp3) is 0.500. The Kier molecular flexibility index (Phi) is 8.39. The minimum atomic E-state index is -4.07. The first-order valence-corrected chi connectivity index (χ1v) is 15.4. The fourth-order valence-electron chi connectivity index (χ4n) is 6.32. The van der Waals surface area contributed by atoms with Crippen molar-refractivity contribution in [2.24, 2.45) is 11.8 Å². The van der Waals surface area contributed by atoms with Crippen LogP contribution >= 0.6 is 11.6 Å². The van der Waals surface area contributed by atoms with E-state index in [2.05, 4.69) is 10.6 Å². The molecule has 0 radical (unpaired) electrons. The van der Waals surface area contributed by atoms with E-state index in [9.17, 15) is 36.3 Å². The molecule has 8 nitrogen and oxygen atoms in total. The molecule has 2 aromatic rings. The zero-order chi connectivity index (χ0) is 29.5. The number of fused-ring (bicyclic) bond motifs is 2. The number of hydrogen-bond acceptors (Lipinski definition) is 6. The Labute approximate surface area is 240 Å². The van der Waals surface area contributed by atoms with Crippen LogP contribution in [-0.2, 0) is 19.4 Å². The van der Waals surface area contributed by atoms with Gasteiger partial charge in [0, 0.05) is 36.5 Å². The molecule has 3 aliphatic rings. The van der Waals surface area contributed by atoms with Crippen LogP contribution in [0.5, 0.6) is 0 Å². The van der Waals surface area contributed by atoms with Gasteiger partial charge in [-0.15, -0.1) is 0 Å². The predicted molar refractivity (Wildman–Crippen MR) is 144 cm³/mol. The molecule has 2 amide bonds. The van der Waals surface area contributed by atoms with Gasteiger partial charge in [-0.2, -0.15) is 0 Å². The minimum Gasteiger partial charge on any atom is -0.387 e. The highest BCUT2D eigenvalue weighted by atomic mass is 35.5. The molecule has 2 bridgehead atoms. The van der Waals surface area contributed by atoms with Gasteiger partial charge in [0.05, 0.1) is 20.8 Å². The van der Waals surface area contributed by atoms with Crippen LogP contribution in [0.3, 0.4) is 0 Å². The molecule has 3 unspecified atom stereocenters. The predicted octanol–water partition coefficient (Wildman–Crippen LogP) is 4.39. The van der Waals surface area contributed by atoms with Gasteiger partial charge in [0.15, 0.2) is 27.3 Å². The van der Waals surface area contributed by atoms with Crippen LogP contribution in [0.25, 0.3) is 0 Å². The smallest absolute Gasteiger partial charge is 0.255 e. The minimum absolute atomic E-state index is 0.00871. The summed E-state index contributed by atoms with van der Waals surface area (Å²) in [5.74, 6) is -6.57. The molecule has 1 saturated heterocycles. The number of hydrogen-bond donors (Lipinski definition) is 3. The summed E-state index contributed by atoms with van der Waals surface area (Å²) in [5.41, 5.74) is -1.74. The molecule has 5 rings (SSSR count). The maximum atomic E-state index is 13.7. The number of carbonyl (C=O) groups is 2. The third kappa shape index (κ3) is 5.84. The van der Waals surface area contributed by atoms with E-state index in [4.69, 9.17) is 16.3 Å². The zero-order valence-corrected chi connectivity index (χ0v) is 23.5. The molecule has 3 atom stereocenters. The van der Waals surface area contributed by atoms with Gasteiger partial charge in [-0.1, -0.05) is 11.6 Å². The molecule has 2 aromatic carbocycles. The molecule has 13 heteroatoms. The lowest BCUT2D eigenvalue weighted by molar-refractivity contribution is -0.138. The topological polar surface area (TPSA) is 122 Å². The average molecular weight is 615 g/mol. The fourth-order valence-corrected chi connectivity index (χ4v) is 8.72. The molecule has 0 aromatic heterocycles. The second kappa shape index (κ2) is 11.5. The number of carbonyl (C=O) groups excluding carboxylic acids is 2. The quantitative estimate of drug-likeness (QED) is 0.398. The first-order valence-electron chi connectivity index (χ1n) is 13.5. The molecule has 2 saturated carbocycles. The van der Waals surface area contributed by atoms with Crippen LogP contribution in [0, 0.1) is 29.3 Å². The molecule has 1 aliphatic heterocycles. The van der Waals surface area contributed by atoms with Gasteiger partial charge in [-0.25, -0.2) is 21.6 Å². The van der Waals surface area contributed by atoms with Gasteiger partial charge in [0.25, 0.3) is 5.91 Å². The molecule has 3 N–H and O–H groups in total. The summed E-state index contributed by atoms with van der Waals surface area (Å²) in [6, 6.07) is 4.80. The van der Waals surface area contributed by atoms with Crippen LogP contribution in [-0.4, -0.2) is 55.4 Å². The summed E-state index contributed by atoms with van der Waals surface area (Å²) in [6.07, 6.45) is 3.36. The van der Waals surface area contributed by atoms with E-state index in [-0.39, 0.29) is 58.3 Å². The second-order valence-corrected chi connectivity index (χ2v) is 13.6. The Bertz CT molecular complexity index is 1430. The Balaban J connectivity index is 1.30. The van der Waals surface area contributed by atoms with Crippen molar-refractivity contribution in [3.8, 4) is 0 Å². The Hall–Kier alpha value is -2.67. The Morgan fingerprint density at radius 3 is 2.29 bits per heavy atom. The van der Waals surface area contributed by atoms with Crippen molar-refractivity contribution in [2.45, 2.75) is 66.8 Å². The van der Waals surface area contributed by atoms with Gasteiger partial charge < -0.3 is 20.5 Å². The van der Waals surface area contributed by atoms with E-state index < -0.39 is 50.2 Å². The van der Waals surface area contributed by atoms with Crippen molar-refractivity contribution < 1.29 is 41.0 Å². The van der Waals surface area contributed by atoms with Crippen molar-refractivity contribution in [1.29, 1.82) is 0 Å². The van der Waals surface area contributed by atoms with Gasteiger partial charge in [-0.05, 0) is 75.0 Å². The number of aliphatic hydroxyl groups is 1. The van der Waals surface area contributed by atoms with Crippen LogP contribution in [0.1, 0.15) is 55.3 Å². The number of benzene rings is 2. The first-order chi connectivity index (χ1) is 19.4.